The quantitative estimate of drug-likeness (QED) is 0.688. The fraction of sp³-hybridized carbons (Fsp3) is 0.474. The summed E-state index contributed by atoms with van der Waals surface area (Å²) in [7, 11) is 0. The zero-order valence-corrected chi connectivity index (χ0v) is 15.6. The molecule has 0 N–H and O–H groups in total. The van der Waals surface area contributed by atoms with Crippen LogP contribution in [0.15, 0.2) is 24.4 Å². The van der Waals surface area contributed by atoms with Crippen molar-refractivity contribution in [1.29, 1.82) is 0 Å². The molecule has 1 aliphatic carbocycles. The fourth-order valence-corrected chi connectivity index (χ4v) is 3.68. The lowest BCUT2D eigenvalue weighted by Gasteiger charge is -2.36. The number of aryl methyl sites for hydroxylation is 1. The molecule has 0 bridgehead atoms. The van der Waals surface area contributed by atoms with Crippen LogP contribution in [-0.2, 0) is 0 Å². The van der Waals surface area contributed by atoms with Gasteiger partial charge in [0.25, 0.3) is 6.43 Å². The zero-order valence-electron chi connectivity index (χ0n) is 15.6. The lowest BCUT2D eigenvalue weighted by molar-refractivity contribution is 0.145. The topological polar surface area (TPSA) is 62.5 Å². The van der Waals surface area contributed by atoms with Crippen molar-refractivity contribution in [2.75, 3.05) is 36.0 Å². The van der Waals surface area contributed by atoms with Gasteiger partial charge in [0.2, 0.25) is 0 Å². The van der Waals surface area contributed by atoms with Crippen molar-refractivity contribution in [1.82, 2.24) is 24.6 Å². The third-order valence-electron chi connectivity index (χ3n) is 5.31. The maximum Gasteiger partial charge on any atom is 0.280 e. The molecule has 5 rings (SSSR count). The minimum atomic E-state index is -2.58. The molecule has 0 radical (unpaired) electrons. The Bertz CT molecular complexity index is 986. The lowest BCUT2D eigenvalue weighted by atomic mass is 10.2. The second-order valence-corrected chi connectivity index (χ2v) is 7.42. The number of halogens is 2. The molecule has 0 atom stereocenters. The van der Waals surface area contributed by atoms with Crippen molar-refractivity contribution >= 4 is 17.3 Å². The van der Waals surface area contributed by atoms with Crippen LogP contribution in [0.25, 0.3) is 5.65 Å². The summed E-state index contributed by atoms with van der Waals surface area (Å²) in [5.41, 5.74) is 1.60. The van der Waals surface area contributed by atoms with E-state index in [1.165, 1.54) is 6.07 Å². The van der Waals surface area contributed by atoms with Gasteiger partial charge in [-0.1, -0.05) is 0 Å². The summed E-state index contributed by atoms with van der Waals surface area (Å²) < 4.78 is 28.4. The number of piperazine rings is 1. The molecule has 3 aromatic rings. The Morgan fingerprint density at radius 2 is 1.75 bits per heavy atom. The lowest BCUT2D eigenvalue weighted by Crippen LogP contribution is -2.47. The molecule has 3 aromatic heterocycles. The SMILES string of the molecule is Cc1cc(N2CCN(c3cc(C(F)F)nc(C4CC4)n3)CC2)n2nccc2n1. The first-order valence-electron chi connectivity index (χ1n) is 9.57. The van der Waals surface area contributed by atoms with E-state index in [2.05, 4.69) is 29.9 Å². The summed E-state index contributed by atoms with van der Waals surface area (Å²) in [6.07, 6.45) is 1.14. The van der Waals surface area contributed by atoms with Crippen molar-refractivity contribution in [2.24, 2.45) is 0 Å². The normalized spacial score (nSPS) is 17.7. The molecule has 2 aliphatic rings. The number of nitrogens with zero attached hydrogens (tertiary/aromatic N) is 7. The summed E-state index contributed by atoms with van der Waals surface area (Å²) in [6.45, 7) is 4.89. The predicted molar refractivity (Wildman–Crippen MR) is 101 cm³/mol. The van der Waals surface area contributed by atoms with Crippen LogP contribution in [-0.4, -0.2) is 50.7 Å². The summed E-state index contributed by atoms with van der Waals surface area (Å²) in [5, 5.41) is 4.38. The highest BCUT2D eigenvalue weighted by Gasteiger charge is 2.30. The minimum Gasteiger partial charge on any atom is -0.353 e. The molecular weight excluding hydrogens is 364 g/mol. The van der Waals surface area contributed by atoms with Crippen molar-refractivity contribution in [3.63, 3.8) is 0 Å². The standard InChI is InChI=1S/C19H21F2N7/c1-12-10-17(28-15(23-12)4-5-22-28)27-8-6-26(7-9-27)16-11-14(18(20)21)24-19(25-16)13-2-3-13/h4-5,10-11,13,18H,2-3,6-9H2,1H3. The van der Waals surface area contributed by atoms with Gasteiger partial charge in [0.15, 0.2) is 5.65 Å². The largest absolute Gasteiger partial charge is 0.353 e. The number of fused-ring (bicyclic) bond motifs is 1. The van der Waals surface area contributed by atoms with E-state index in [0.717, 1.165) is 43.1 Å². The molecule has 0 unspecified atom stereocenters. The number of rotatable bonds is 4. The monoisotopic (exact) mass is 385 g/mol. The number of hydrogen-bond donors (Lipinski definition) is 0. The molecule has 0 amide bonds. The van der Waals surface area contributed by atoms with E-state index in [4.69, 9.17) is 0 Å². The van der Waals surface area contributed by atoms with E-state index in [0.29, 0.717) is 24.7 Å². The van der Waals surface area contributed by atoms with Crippen molar-refractivity contribution < 1.29 is 8.78 Å². The van der Waals surface area contributed by atoms with Crippen molar-refractivity contribution in [3.05, 3.63) is 41.6 Å². The fourth-order valence-electron chi connectivity index (χ4n) is 3.68. The van der Waals surface area contributed by atoms with Gasteiger partial charge in [-0.2, -0.15) is 9.61 Å². The van der Waals surface area contributed by atoms with Crippen molar-refractivity contribution in [2.45, 2.75) is 32.1 Å². The Morgan fingerprint density at radius 3 is 2.46 bits per heavy atom. The number of anilines is 2. The van der Waals surface area contributed by atoms with Crippen LogP contribution in [0.4, 0.5) is 20.4 Å². The zero-order chi connectivity index (χ0) is 19.3. The Labute approximate surface area is 161 Å². The van der Waals surface area contributed by atoms with Crippen LogP contribution in [0.1, 0.15) is 42.4 Å². The highest BCUT2D eigenvalue weighted by molar-refractivity contribution is 5.52. The van der Waals surface area contributed by atoms with Gasteiger partial charge in [0, 0.05) is 56.0 Å². The van der Waals surface area contributed by atoms with E-state index in [1.807, 2.05) is 23.6 Å². The molecule has 4 heterocycles. The number of hydrogen-bond acceptors (Lipinski definition) is 6. The summed E-state index contributed by atoms with van der Waals surface area (Å²) in [6, 6.07) is 5.36. The third kappa shape index (κ3) is 3.14. The number of alkyl halides is 2. The average molecular weight is 385 g/mol. The van der Waals surface area contributed by atoms with E-state index in [-0.39, 0.29) is 11.6 Å². The Morgan fingerprint density at radius 1 is 1.00 bits per heavy atom. The van der Waals surface area contributed by atoms with Crippen LogP contribution in [0.2, 0.25) is 0 Å². The Kier molecular flexibility index (Phi) is 4.10. The van der Waals surface area contributed by atoms with E-state index in [1.54, 1.807) is 6.20 Å². The van der Waals surface area contributed by atoms with Gasteiger partial charge in [0.05, 0.1) is 6.20 Å². The van der Waals surface area contributed by atoms with Crippen LogP contribution in [0, 0.1) is 6.92 Å². The van der Waals surface area contributed by atoms with Crippen LogP contribution in [0.3, 0.4) is 0 Å². The molecule has 2 fully saturated rings. The van der Waals surface area contributed by atoms with Gasteiger partial charge >= 0.3 is 0 Å². The van der Waals surface area contributed by atoms with Crippen LogP contribution in [0.5, 0.6) is 0 Å². The van der Waals surface area contributed by atoms with E-state index in [9.17, 15) is 8.78 Å². The first-order valence-corrected chi connectivity index (χ1v) is 9.57. The Hall–Kier alpha value is -2.84. The van der Waals surface area contributed by atoms with Gasteiger partial charge < -0.3 is 9.80 Å². The molecule has 0 spiro atoms. The van der Waals surface area contributed by atoms with E-state index >= 15 is 0 Å². The maximum atomic E-state index is 13.3. The smallest absolute Gasteiger partial charge is 0.280 e. The van der Waals surface area contributed by atoms with Gasteiger partial charge in [0.1, 0.15) is 23.2 Å². The summed E-state index contributed by atoms with van der Waals surface area (Å²) in [4.78, 5) is 17.5. The van der Waals surface area contributed by atoms with Gasteiger partial charge in [-0.25, -0.2) is 23.7 Å². The van der Waals surface area contributed by atoms with E-state index < -0.39 is 6.43 Å². The first-order chi connectivity index (χ1) is 13.6. The third-order valence-corrected chi connectivity index (χ3v) is 5.31. The molecule has 28 heavy (non-hydrogen) atoms. The molecule has 1 saturated carbocycles. The molecular formula is C19H21F2N7. The molecule has 0 aromatic carbocycles. The second-order valence-electron chi connectivity index (χ2n) is 7.42. The molecule has 146 valence electrons. The number of aromatic nitrogens is 5. The molecule has 1 aliphatic heterocycles. The highest BCUT2D eigenvalue weighted by Crippen LogP contribution is 2.39. The molecule has 1 saturated heterocycles. The van der Waals surface area contributed by atoms with Crippen LogP contribution >= 0.6 is 0 Å². The van der Waals surface area contributed by atoms with Crippen molar-refractivity contribution in [3.8, 4) is 0 Å². The average Bonchev–Trinajstić information content (AvgIpc) is 3.45. The molecule has 9 heteroatoms. The maximum absolute atomic E-state index is 13.3. The van der Waals surface area contributed by atoms with Crippen LogP contribution < -0.4 is 9.80 Å². The summed E-state index contributed by atoms with van der Waals surface area (Å²) in [5.74, 6) is 2.42. The predicted octanol–water partition coefficient (Wildman–Crippen LogP) is 2.97. The molecule has 7 nitrogen and oxygen atoms in total. The van der Waals surface area contributed by atoms with Gasteiger partial charge in [-0.05, 0) is 19.8 Å². The Balaban J connectivity index is 1.38. The minimum absolute atomic E-state index is 0.169. The second kappa shape index (κ2) is 6.65. The van der Waals surface area contributed by atoms with Gasteiger partial charge in [-0.15, -0.1) is 0 Å². The first kappa shape index (κ1) is 17.3. The highest BCUT2D eigenvalue weighted by atomic mass is 19.3. The summed E-state index contributed by atoms with van der Waals surface area (Å²) >= 11 is 0. The van der Waals surface area contributed by atoms with Gasteiger partial charge in [-0.3, -0.25) is 0 Å².